The number of amides is 2. The first-order chi connectivity index (χ1) is 16.3. The Morgan fingerprint density at radius 2 is 1.60 bits per heavy atom. The van der Waals surface area contributed by atoms with Gasteiger partial charge in [0.05, 0.1) is 11.9 Å². The van der Waals surface area contributed by atoms with Gasteiger partial charge in [-0.15, -0.1) is 0 Å². The van der Waals surface area contributed by atoms with Crippen LogP contribution in [-0.4, -0.2) is 50.5 Å². The molecular weight excluding hydrogens is 486 g/mol. The number of rotatable bonds is 11. The number of carbonyl (C=O) groups is 2. The summed E-state index contributed by atoms with van der Waals surface area (Å²) in [5.41, 5.74) is 2.76. The molecule has 35 heavy (non-hydrogen) atoms. The van der Waals surface area contributed by atoms with Crippen LogP contribution in [0.25, 0.3) is 0 Å². The van der Waals surface area contributed by atoms with Crippen molar-refractivity contribution in [3.8, 4) is 0 Å². The van der Waals surface area contributed by atoms with Crippen LogP contribution in [0, 0.1) is 19.8 Å². The average Bonchev–Trinajstić information content (AvgIpc) is 2.77. The van der Waals surface area contributed by atoms with Crippen molar-refractivity contribution >= 4 is 39.1 Å². The minimum absolute atomic E-state index is 0.147. The third-order valence-corrected chi connectivity index (χ3v) is 7.07. The van der Waals surface area contributed by atoms with Crippen molar-refractivity contribution in [2.45, 2.75) is 53.6 Å². The van der Waals surface area contributed by atoms with Crippen molar-refractivity contribution < 1.29 is 18.0 Å². The van der Waals surface area contributed by atoms with E-state index in [-0.39, 0.29) is 18.4 Å². The summed E-state index contributed by atoms with van der Waals surface area (Å²) in [6.07, 6.45) is 1.47. The van der Waals surface area contributed by atoms with Crippen LogP contribution in [0.1, 0.15) is 43.9 Å². The van der Waals surface area contributed by atoms with Crippen LogP contribution in [0.3, 0.4) is 0 Å². The van der Waals surface area contributed by atoms with E-state index in [1.165, 1.54) is 4.90 Å². The summed E-state index contributed by atoms with van der Waals surface area (Å²) in [5, 5.41) is 3.47. The normalized spacial score (nSPS) is 12.3. The Bertz CT molecular complexity index is 1110. The Kier molecular flexibility index (Phi) is 10.2. The third kappa shape index (κ3) is 7.97. The summed E-state index contributed by atoms with van der Waals surface area (Å²) >= 11 is 6.02. The quantitative estimate of drug-likeness (QED) is 0.477. The van der Waals surface area contributed by atoms with E-state index >= 15 is 0 Å². The van der Waals surface area contributed by atoms with Gasteiger partial charge in [0.15, 0.2) is 0 Å². The molecule has 1 atom stereocenters. The third-order valence-electron chi connectivity index (χ3n) is 5.70. The maximum Gasteiger partial charge on any atom is 0.244 e. The molecule has 0 unspecified atom stereocenters. The number of nitrogens with zero attached hydrogens (tertiary/aromatic N) is 2. The molecule has 2 amide bonds. The number of hydrogen-bond donors (Lipinski definition) is 1. The van der Waals surface area contributed by atoms with Crippen LogP contribution >= 0.6 is 11.6 Å². The number of sulfonamides is 1. The number of aryl methyl sites for hydroxylation is 2. The summed E-state index contributed by atoms with van der Waals surface area (Å²) in [6, 6.07) is 11.7. The Hall–Kier alpha value is -2.58. The van der Waals surface area contributed by atoms with Crippen molar-refractivity contribution in [1.29, 1.82) is 0 Å². The highest BCUT2D eigenvalue weighted by atomic mass is 35.5. The van der Waals surface area contributed by atoms with Gasteiger partial charge >= 0.3 is 0 Å². The highest BCUT2D eigenvalue weighted by molar-refractivity contribution is 7.92. The minimum Gasteiger partial charge on any atom is -0.354 e. The van der Waals surface area contributed by atoms with Crippen molar-refractivity contribution in [1.82, 2.24) is 10.2 Å². The minimum atomic E-state index is -3.78. The van der Waals surface area contributed by atoms with E-state index in [4.69, 9.17) is 11.6 Å². The molecule has 0 saturated carbocycles. The lowest BCUT2D eigenvalue weighted by atomic mass is 10.1. The molecule has 0 aliphatic carbocycles. The lowest BCUT2D eigenvalue weighted by Gasteiger charge is -2.33. The first-order valence-corrected chi connectivity index (χ1v) is 13.9. The van der Waals surface area contributed by atoms with Crippen LogP contribution in [0.5, 0.6) is 0 Å². The monoisotopic (exact) mass is 521 g/mol. The smallest absolute Gasteiger partial charge is 0.244 e. The van der Waals surface area contributed by atoms with Crippen LogP contribution in [0.4, 0.5) is 5.69 Å². The maximum atomic E-state index is 13.7. The number of para-hydroxylation sites is 1. The SMILES string of the molecule is CC[C@H](C(=O)NCC(C)C)N(Cc1ccc(Cl)cc1)C(=O)CN(c1c(C)cccc1C)S(C)(=O)=O. The Morgan fingerprint density at radius 1 is 1.03 bits per heavy atom. The van der Waals surface area contributed by atoms with E-state index in [9.17, 15) is 18.0 Å². The number of anilines is 1. The van der Waals surface area contributed by atoms with Crippen molar-refractivity contribution in [3.05, 3.63) is 64.2 Å². The van der Waals surface area contributed by atoms with E-state index in [1.54, 1.807) is 24.3 Å². The fraction of sp³-hybridized carbons (Fsp3) is 0.462. The second-order valence-electron chi connectivity index (χ2n) is 9.22. The second kappa shape index (κ2) is 12.4. The topological polar surface area (TPSA) is 86.8 Å². The number of benzene rings is 2. The summed E-state index contributed by atoms with van der Waals surface area (Å²) < 4.78 is 26.7. The highest BCUT2D eigenvalue weighted by Gasteiger charge is 2.32. The van der Waals surface area contributed by atoms with Gasteiger partial charge in [-0.3, -0.25) is 13.9 Å². The van der Waals surface area contributed by atoms with Gasteiger partial charge in [-0.25, -0.2) is 8.42 Å². The summed E-state index contributed by atoms with van der Waals surface area (Å²) in [6.45, 7) is 9.66. The Morgan fingerprint density at radius 3 is 2.09 bits per heavy atom. The zero-order chi connectivity index (χ0) is 26.3. The first-order valence-electron chi connectivity index (χ1n) is 11.7. The molecule has 0 heterocycles. The standard InChI is InChI=1S/C26H36ClN3O4S/c1-7-23(26(32)28-15-18(2)3)29(16-21-11-13-22(27)14-12-21)24(31)17-30(35(6,33)34)25-19(4)9-8-10-20(25)5/h8-14,18,23H,7,15-17H2,1-6H3,(H,28,32)/t23-/m1/s1. The lowest BCUT2D eigenvalue weighted by Crippen LogP contribution is -2.52. The van der Waals surface area contributed by atoms with Crippen LogP contribution in [0.15, 0.2) is 42.5 Å². The average molecular weight is 522 g/mol. The molecule has 192 valence electrons. The van der Waals surface area contributed by atoms with Gasteiger partial charge in [0, 0.05) is 18.1 Å². The van der Waals surface area contributed by atoms with E-state index in [2.05, 4.69) is 5.32 Å². The zero-order valence-electron chi connectivity index (χ0n) is 21.3. The van der Waals surface area contributed by atoms with Gasteiger partial charge < -0.3 is 10.2 Å². The molecule has 0 aromatic heterocycles. The number of nitrogens with one attached hydrogen (secondary N) is 1. The number of halogens is 1. The van der Waals surface area contributed by atoms with Gasteiger partial charge in [-0.2, -0.15) is 0 Å². The van der Waals surface area contributed by atoms with Gasteiger partial charge in [0.2, 0.25) is 21.8 Å². The van der Waals surface area contributed by atoms with Crippen LogP contribution in [0.2, 0.25) is 5.02 Å². The summed E-state index contributed by atoms with van der Waals surface area (Å²) in [5.74, 6) is -0.470. The van der Waals surface area contributed by atoms with Gasteiger partial charge in [0.1, 0.15) is 12.6 Å². The van der Waals surface area contributed by atoms with E-state index < -0.39 is 28.5 Å². The fourth-order valence-electron chi connectivity index (χ4n) is 3.90. The molecule has 2 aromatic rings. The lowest BCUT2D eigenvalue weighted by molar-refractivity contribution is -0.140. The molecule has 0 spiro atoms. The first kappa shape index (κ1) is 28.7. The Balaban J connectivity index is 2.47. The van der Waals surface area contributed by atoms with Crippen LogP contribution in [-0.2, 0) is 26.2 Å². The molecule has 0 aliphatic heterocycles. The molecule has 2 rings (SSSR count). The molecule has 9 heteroatoms. The van der Waals surface area contributed by atoms with Crippen molar-refractivity contribution in [2.24, 2.45) is 5.92 Å². The molecular formula is C26H36ClN3O4S. The molecule has 2 aromatic carbocycles. The van der Waals surface area contributed by atoms with Crippen molar-refractivity contribution in [2.75, 3.05) is 23.7 Å². The molecule has 0 fully saturated rings. The van der Waals surface area contributed by atoms with E-state index in [0.717, 1.165) is 27.3 Å². The molecule has 0 radical (unpaired) electrons. The zero-order valence-corrected chi connectivity index (χ0v) is 22.9. The largest absolute Gasteiger partial charge is 0.354 e. The Labute approximate surface area is 214 Å². The van der Waals surface area contributed by atoms with E-state index in [1.807, 2.05) is 52.8 Å². The van der Waals surface area contributed by atoms with Gasteiger partial charge in [-0.05, 0) is 55.0 Å². The predicted molar refractivity (Wildman–Crippen MR) is 142 cm³/mol. The molecule has 0 bridgehead atoms. The van der Waals surface area contributed by atoms with Gasteiger partial charge in [-0.1, -0.05) is 62.7 Å². The highest BCUT2D eigenvalue weighted by Crippen LogP contribution is 2.27. The van der Waals surface area contributed by atoms with E-state index in [0.29, 0.717) is 23.7 Å². The maximum absolute atomic E-state index is 13.7. The second-order valence-corrected chi connectivity index (χ2v) is 11.6. The van der Waals surface area contributed by atoms with Crippen molar-refractivity contribution in [3.63, 3.8) is 0 Å². The molecule has 7 nitrogen and oxygen atoms in total. The van der Waals surface area contributed by atoms with Crippen LogP contribution < -0.4 is 9.62 Å². The number of carbonyl (C=O) groups excluding carboxylic acids is 2. The molecule has 1 N–H and O–H groups in total. The fourth-order valence-corrected chi connectivity index (χ4v) is 4.99. The molecule has 0 saturated heterocycles. The number of hydrogen-bond acceptors (Lipinski definition) is 4. The summed E-state index contributed by atoms with van der Waals surface area (Å²) in [7, 11) is -3.78. The predicted octanol–water partition coefficient (Wildman–Crippen LogP) is 4.30. The summed E-state index contributed by atoms with van der Waals surface area (Å²) in [4.78, 5) is 28.3. The molecule has 0 aliphatic rings. The van der Waals surface area contributed by atoms with Gasteiger partial charge in [0.25, 0.3) is 0 Å².